The van der Waals surface area contributed by atoms with Gasteiger partial charge in [0.2, 0.25) is 0 Å². The van der Waals surface area contributed by atoms with Crippen LogP contribution in [0.5, 0.6) is 0 Å². The van der Waals surface area contributed by atoms with E-state index in [1.165, 1.54) is 6.07 Å². The molecule has 0 saturated carbocycles. The number of hydrogen-bond acceptors (Lipinski definition) is 4. The van der Waals surface area contributed by atoms with E-state index in [1.807, 2.05) is 18.2 Å². The quantitative estimate of drug-likeness (QED) is 0.481. The molecule has 2 rings (SSSR count). The van der Waals surface area contributed by atoms with E-state index in [0.717, 1.165) is 11.1 Å². The highest BCUT2D eigenvalue weighted by Crippen LogP contribution is 2.32. The zero-order valence-electron chi connectivity index (χ0n) is 9.88. The fourth-order valence-electron chi connectivity index (χ4n) is 1.77. The van der Waals surface area contributed by atoms with Crippen molar-refractivity contribution in [1.29, 1.82) is 0 Å². The summed E-state index contributed by atoms with van der Waals surface area (Å²) in [5.74, 6) is 0. The van der Waals surface area contributed by atoms with Gasteiger partial charge in [-0.25, -0.2) is 0 Å². The maximum Gasteiger partial charge on any atom is 0.292 e. The highest BCUT2D eigenvalue weighted by atomic mass is 16.6. The number of nitro benzene ring substituents is 1. The topological polar surface area (TPSA) is 95.2 Å². The van der Waals surface area contributed by atoms with E-state index >= 15 is 0 Å². The lowest BCUT2D eigenvalue weighted by Gasteiger charge is -2.07. The van der Waals surface area contributed by atoms with Gasteiger partial charge >= 0.3 is 0 Å². The van der Waals surface area contributed by atoms with Gasteiger partial charge in [0.25, 0.3) is 5.69 Å². The fraction of sp³-hybridized carbons (Fsp3) is 0.0769. The van der Waals surface area contributed by atoms with Gasteiger partial charge in [0, 0.05) is 11.8 Å². The van der Waals surface area contributed by atoms with Crippen LogP contribution in [0.3, 0.4) is 0 Å². The monoisotopic (exact) mass is 243 g/mol. The van der Waals surface area contributed by atoms with Crippen LogP contribution in [0.25, 0.3) is 11.1 Å². The van der Waals surface area contributed by atoms with Crippen LogP contribution in [0.15, 0.2) is 36.4 Å². The van der Waals surface area contributed by atoms with Gasteiger partial charge in [-0.15, -0.1) is 0 Å². The highest BCUT2D eigenvalue weighted by Gasteiger charge is 2.15. The fourth-order valence-corrected chi connectivity index (χ4v) is 1.77. The van der Waals surface area contributed by atoms with E-state index in [9.17, 15) is 10.1 Å². The Morgan fingerprint density at radius 2 is 1.67 bits per heavy atom. The second-order valence-electron chi connectivity index (χ2n) is 4.11. The van der Waals surface area contributed by atoms with Crippen LogP contribution < -0.4 is 11.5 Å². The normalized spacial score (nSPS) is 10.3. The maximum atomic E-state index is 10.9. The van der Waals surface area contributed by atoms with E-state index in [0.29, 0.717) is 11.3 Å². The first-order valence-electron chi connectivity index (χ1n) is 5.39. The SMILES string of the molecule is Cc1cc(-c2ccc(N)cc2)cc([N+](=O)[O-])c1N. The molecule has 0 amide bonds. The van der Waals surface area contributed by atoms with E-state index in [2.05, 4.69) is 0 Å². The average Bonchev–Trinajstić information content (AvgIpc) is 2.33. The smallest absolute Gasteiger partial charge is 0.292 e. The number of nitro groups is 1. The predicted molar refractivity (Wildman–Crippen MR) is 72.1 cm³/mol. The van der Waals surface area contributed by atoms with Crippen molar-refractivity contribution >= 4 is 17.1 Å². The molecule has 2 aromatic rings. The third-order valence-corrected chi connectivity index (χ3v) is 2.81. The van der Waals surface area contributed by atoms with Crippen LogP contribution in [0.4, 0.5) is 17.1 Å². The summed E-state index contributed by atoms with van der Waals surface area (Å²) in [4.78, 5) is 10.4. The third kappa shape index (κ3) is 2.10. The zero-order chi connectivity index (χ0) is 13.3. The number of aryl methyl sites for hydroxylation is 1. The van der Waals surface area contributed by atoms with Crippen LogP contribution in [-0.4, -0.2) is 4.92 Å². The van der Waals surface area contributed by atoms with Crippen LogP contribution >= 0.6 is 0 Å². The number of nitrogens with zero attached hydrogens (tertiary/aromatic N) is 1. The Balaban J connectivity index is 2.59. The summed E-state index contributed by atoms with van der Waals surface area (Å²) in [6, 6.07) is 10.5. The van der Waals surface area contributed by atoms with Gasteiger partial charge in [-0.2, -0.15) is 0 Å². The van der Waals surface area contributed by atoms with Crippen LogP contribution in [-0.2, 0) is 0 Å². The Morgan fingerprint density at radius 3 is 2.22 bits per heavy atom. The first kappa shape index (κ1) is 11.9. The molecule has 0 saturated heterocycles. The Morgan fingerprint density at radius 1 is 1.06 bits per heavy atom. The van der Waals surface area contributed by atoms with Crippen molar-refractivity contribution < 1.29 is 4.92 Å². The molecule has 18 heavy (non-hydrogen) atoms. The summed E-state index contributed by atoms with van der Waals surface area (Å²) in [5.41, 5.74) is 14.4. The van der Waals surface area contributed by atoms with Crippen molar-refractivity contribution in [2.24, 2.45) is 0 Å². The molecule has 5 heteroatoms. The van der Waals surface area contributed by atoms with Crippen molar-refractivity contribution in [3.8, 4) is 11.1 Å². The van der Waals surface area contributed by atoms with Gasteiger partial charge in [-0.1, -0.05) is 12.1 Å². The molecule has 0 fully saturated rings. The molecule has 0 atom stereocenters. The summed E-state index contributed by atoms with van der Waals surface area (Å²) in [6.07, 6.45) is 0. The lowest BCUT2D eigenvalue weighted by Crippen LogP contribution is -1.98. The van der Waals surface area contributed by atoms with Gasteiger partial charge in [0.15, 0.2) is 0 Å². The van der Waals surface area contributed by atoms with Crippen molar-refractivity contribution in [3.63, 3.8) is 0 Å². The molecule has 0 aliphatic rings. The molecule has 2 aromatic carbocycles. The molecule has 0 unspecified atom stereocenters. The second-order valence-corrected chi connectivity index (χ2v) is 4.11. The van der Waals surface area contributed by atoms with Crippen molar-refractivity contribution in [2.45, 2.75) is 6.92 Å². The molecular weight excluding hydrogens is 230 g/mol. The first-order chi connectivity index (χ1) is 8.49. The van der Waals surface area contributed by atoms with Crippen LogP contribution in [0, 0.1) is 17.0 Å². The van der Waals surface area contributed by atoms with Gasteiger partial charge in [0.1, 0.15) is 5.69 Å². The predicted octanol–water partition coefficient (Wildman–Crippen LogP) is 2.73. The second kappa shape index (κ2) is 4.37. The van der Waals surface area contributed by atoms with Crippen LogP contribution in [0.1, 0.15) is 5.56 Å². The van der Waals surface area contributed by atoms with Crippen molar-refractivity contribution in [1.82, 2.24) is 0 Å². The molecular formula is C13H13N3O2. The summed E-state index contributed by atoms with van der Waals surface area (Å²) in [6.45, 7) is 1.75. The summed E-state index contributed by atoms with van der Waals surface area (Å²) >= 11 is 0. The van der Waals surface area contributed by atoms with Gasteiger partial charge in [-0.3, -0.25) is 10.1 Å². The number of rotatable bonds is 2. The van der Waals surface area contributed by atoms with Gasteiger partial charge < -0.3 is 11.5 Å². The Labute approximate surface area is 104 Å². The van der Waals surface area contributed by atoms with Crippen molar-refractivity contribution in [2.75, 3.05) is 11.5 Å². The lowest BCUT2D eigenvalue weighted by atomic mass is 10.0. The summed E-state index contributed by atoms with van der Waals surface area (Å²) in [7, 11) is 0. The summed E-state index contributed by atoms with van der Waals surface area (Å²) < 4.78 is 0. The molecule has 0 spiro atoms. The first-order valence-corrected chi connectivity index (χ1v) is 5.39. The minimum absolute atomic E-state index is 0.0678. The van der Waals surface area contributed by atoms with E-state index in [-0.39, 0.29) is 11.4 Å². The van der Waals surface area contributed by atoms with Gasteiger partial charge in [0.05, 0.1) is 4.92 Å². The largest absolute Gasteiger partial charge is 0.399 e. The molecule has 0 radical (unpaired) electrons. The molecule has 5 nitrogen and oxygen atoms in total. The molecule has 4 N–H and O–H groups in total. The van der Waals surface area contributed by atoms with E-state index in [4.69, 9.17) is 11.5 Å². The maximum absolute atomic E-state index is 10.9. The highest BCUT2D eigenvalue weighted by molar-refractivity contribution is 5.75. The summed E-state index contributed by atoms with van der Waals surface area (Å²) in [5, 5.41) is 10.9. The number of nitrogens with two attached hydrogens (primary N) is 2. The minimum atomic E-state index is -0.469. The Bertz CT molecular complexity index is 606. The Kier molecular flexibility index (Phi) is 2.89. The molecule has 0 aromatic heterocycles. The number of benzene rings is 2. The standard InChI is InChI=1S/C13H13N3O2/c1-8-6-10(7-12(13(8)15)16(17)18)9-2-4-11(14)5-3-9/h2-7H,14-15H2,1H3. The molecule has 0 heterocycles. The molecule has 92 valence electrons. The van der Waals surface area contributed by atoms with Crippen LogP contribution in [0.2, 0.25) is 0 Å². The number of hydrogen-bond donors (Lipinski definition) is 2. The van der Waals surface area contributed by atoms with E-state index in [1.54, 1.807) is 19.1 Å². The van der Waals surface area contributed by atoms with Gasteiger partial charge in [-0.05, 0) is 41.8 Å². The lowest BCUT2D eigenvalue weighted by molar-refractivity contribution is -0.383. The minimum Gasteiger partial charge on any atom is -0.399 e. The average molecular weight is 243 g/mol. The Hall–Kier alpha value is -2.56. The number of anilines is 2. The van der Waals surface area contributed by atoms with Crippen molar-refractivity contribution in [3.05, 3.63) is 52.1 Å². The third-order valence-electron chi connectivity index (χ3n) is 2.81. The zero-order valence-corrected chi connectivity index (χ0v) is 9.88. The number of nitrogen functional groups attached to an aromatic ring is 2. The molecule has 0 aliphatic heterocycles. The van der Waals surface area contributed by atoms with E-state index < -0.39 is 4.92 Å². The molecule has 0 bridgehead atoms. The molecule has 0 aliphatic carbocycles.